The zero-order valence-electron chi connectivity index (χ0n) is 16.6. The highest BCUT2D eigenvalue weighted by atomic mass is 16.5. The van der Waals surface area contributed by atoms with E-state index in [1.807, 2.05) is 24.3 Å². The van der Waals surface area contributed by atoms with Gasteiger partial charge in [0.25, 0.3) is 5.91 Å². The van der Waals surface area contributed by atoms with Crippen molar-refractivity contribution < 1.29 is 19.1 Å². The Kier molecular flexibility index (Phi) is 7.32. The second kappa shape index (κ2) is 9.69. The Morgan fingerprint density at radius 1 is 0.964 bits per heavy atom. The minimum absolute atomic E-state index is 0.196. The molecule has 6 nitrogen and oxygen atoms in total. The van der Waals surface area contributed by atoms with Crippen LogP contribution >= 0.6 is 0 Å². The fourth-order valence-corrected chi connectivity index (χ4v) is 2.67. The second-order valence-corrected chi connectivity index (χ2v) is 6.69. The Labute approximate surface area is 165 Å². The maximum atomic E-state index is 12.5. The van der Waals surface area contributed by atoms with Crippen molar-refractivity contribution in [3.05, 3.63) is 59.7 Å². The van der Waals surface area contributed by atoms with E-state index >= 15 is 0 Å². The van der Waals surface area contributed by atoms with Gasteiger partial charge in [-0.05, 0) is 55.2 Å². The summed E-state index contributed by atoms with van der Waals surface area (Å²) in [6.45, 7) is 7.12. The number of hydrogen-bond acceptors (Lipinski definition) is 4. The normalized spacial score (nSPS) is 12.6. The largest absolute Gasteiger partial charge is 0.449 e. The molecular weight excluding hydrogens is 356 g/mol. The Bertz CT molecular complexity index is 846. The first-order valence-corrected chi connectivity index (χ1v) is 9.30. The first kappa shape index (κ1) is 21.2. The lowest BCUT2D eigenvalue weighted by molar-refractivity contribution is -0.123. The second-order valence-electron chi connectivity index (χ2n) is 6.69. The van der Waals surface area contributed by atoms with Gasteiger partial charge in [0.15, 0.2) is 6.10 Å². The number of carbonyl (C=O) groups excluding carboxylic acids is 3. The van der Waals surface area contributed by atoms with Crippen LogP contribution < -0.4 is 10.6 Å². The number of carbonyl (C=O) groups is 3. The first-order chi connectivity index (χ1) is 13.3. The molecule has 0 saturated carbocycles. The van der Waals surface area contributed by atoms with E-state index in [0.29, 0.717) is 17.2 Å². The van der Waals surface area contributed by atoms with Gasteiger partial charge in [0.1, 0.15) is 0 Å². The van der Waals surface area contributed by atoms with Gasteiger partial charge in [-0.2, -0.15) is 0 Å². The number of amides is 2. The zero-order valence-corrected chi connectivity index (χ0v) is 16.6. The third kappa shape index (κ3) is 5.67. The number of esters is 1. The third-order valence-corrected chi connectivity index (χ3v) is 4.46. The minimum Gasteiger partial charge on any atom is -0.449 e. The van der Waals surface area contributed by atoms with Crippen molar-refractivity contribution in [3.63, 3.8) is 0 Å². The summed E-state index contributed by atoms with van der Waals surface area (Å²) < 4.78 is 5.28. The van der Waals surface area contributed by atoms with E-state index in [9.17, 15) is 14.4 Å². The van der Waals surface area contributed by atoms with Crippen molar-refractivity contribution in [3.8, 4) is 0 Å². The number of rotatable bonds is 7. The molecule has 0 heterocycles. The van der Waals surface area contributed by atoms with E-state index in [2.05, 4.69) is 24.5 Å². The summed E-state index contributed by atoms with van der Waals surface area (Å²) in [6, 6.07) is 13.9. The summed E-state index contributed by atoms with van der Waals surface area (Å²) in [5, 5.41) is 5.47. The molecule has 2 aromatic carbocycles. The average Bonchev–Trinajstić information content (AvgIpc) is 2.67. The Morgan fingerprint density at radius 3 is 2.21 bits per heavy atom. The van der Waals surface area contributed by atoms with Crippen molar-refractivity contribution in [2.45, 2.75) is 46.1 Å². The molecule has 0 radical (unpaired) electrons. The number of ether oxygens (including phenoxy) is 1. The van der Waals surface area contributed by atoms with Gasteiger partial charge in [-0.3, -0.25) is 9.59 Å². The summed E-state index contributed by atoms with van der Waals surface area (Å²) in [4.78, 5) is 35.8. The molecule has 148 valence electrons. The molecular formula is C22H26N2O4. The molecule has 0 aliphatic rings. The van der Waals surface area contributed by atoms with E-state index in [1.165, 1.54) is 26.0 Å². The van der Waals surface area contributed by atoms with Gasteiger partial charge >= 0.3 is 5.97 Å². The number of hydrogen-bond donors (Lipinski definition) is 2. The lowest BCUT2D eigenvalue weighted by Crippen LogP contribution is -2.30. The van der Waals surface area contributed by atoms with Crippen LogP contribution in [0.3, 0.4) is 0 Å². The molecule has 0 spiro atoms. The molecule has 0 fully saturated rings. The van der Waals surface area contributed by atoms with Crippen molar-refractivity contribution in [1.82, 2.24) is 0 Å². The highest BCUT2D eigenvalue weighted by Gasteiger charge is 2.20. The molecule has 2 amide bonds. The van der Waals surface area contributed by atoms with Gasteiger partial charge < -0.3 is 15.4 Å². The van der Waals surface area contributed by atoms with Crippen LogP contribution in [0.4, 0.5) is 11.4 Å². The molecule has 2 N–H and O–H groups in total. The zero-order chi connectivity index (χ0) is 20.7. The van der Waals surface area contributed by atoms with E-state index < -0.39 is 12.1 Å². The van der Waals surface area contributed by atoms with Crippen LogP contribution in [0.5, 0.6) is 0 Å². The Hall–Kier alpha value is -3.15. The van der Waals surface area contributed by atoms with Crippen molar-refractivity contribution in [2.24, 2.45) is 0 Å². The predicted octanol–water partition coefficient (Wildman–Crippen LogP) is 4.34. The number of benzene rings is 2. The van der Waals surface area contributed by atoms with Gasteiger partial charge in [-0.15, -0.1) is 0 Å². The maximum Gasteiger partial charge on any atom is 0.338 e. The summed E-state index contributed by atoms with van der Waals surface area (Å²) in [7, 11) is 0. The topological polar surface area (TPSA) is 84.5 Å². The third-order valence-electron chi connectivity index (χ3n) is 4.46. The summed E-state index contributed by atoms with van der Waals surface area (Å²) >= 11 is 0. The van der Waals surface area contributed by atoms with Gasteiger partial charge in [0.2, 0.25) is 5.91 Å². The number of para-hydroxylation sites is 1. The predicted molar refractivity (Wildman–Crippen MR) is 109 cm³/mol. The molecule has 0 aromatic heterocycles. The highest BCUT2D eigenvalue weighted by molar-refractivity contribution is 5.98. The first-order valence-electron chi connectivity index (χ1n) is 9.30. The van der Waals surface area contributed by atoms with Crippen LogP contribution in [0.2, 0.25) is 0 Å². The van der Waals surface area contributed by atoms with Gasteiger partial charge in [-0.25, -0.2) is 4.79 Å². The SMILES string of the molecule is CC[C@@H](C)c1ccccc1NC(=O)[C@@H](C)OC(=O)c1ccc(NC(C)=O)cc1. The molecule has 0 aliphatic carbocycles. The molecule has 28 heavy (non-hydrogen) atoms. The molecule has 0 unspecified atom stereocenters. The van der Waals surface area contributed by atoms with Crippen LogP contribution in [0.25, 0.3) is 0 Å². The quantitative estimate of drug-likeness (QED) is 0.698. The summed E-state index contributed by atoms with van der Waals surface area (Å²) in [5.74, 6) is -0.888. The molecule has 0 saturated heterocycles. The van der Waals surface area contributed by atoms with Gasteiger partial charge in [0.05, 0.1) is 5.56 Å². The number of anilines is 2. The van der Waals surface area contributed by atoms with Gasteiger partial charge in [0, 0.05) is 18.3 Å². The Balaban J connectivity index is 2.00. The van der Waals surface area contributed by atoms with Crippen molar-refractivity contribution in [1.29, 1.82) is 0 Å². The van der Waals surface area contributed by atoms with Crippen molar-refractivity contribution >= 4 is 29.2 Å². The lowest BCUT2D eigenvalue weighted by atomic mass is 9.97. The maximum absolute atomic E-state index is 12.5. The van der Waals surface area contributed by atoms with Crippen LogP contribution in [0.15, 0.2) is 48.5 Å². The lowest BCUT2D eigenvalue weighted by Gasteiger charge is -2.18. The van der Waals surface area contributed by atoms with E-state index in [0.717, 1.165) is 17.7 Å². The average molecular weight is 382 g/mol. The molecule has 2 rings (SSSR count). The molecule has 6 heteroatoms. The molecule has 0 aliphatic heterocycles. The highest BCUT2D eigenvalue weighted by Crippen LogP contribution is 2.26. The summed E-state index contributed by atoms with van der Waals surface area (Å²) in [5.41, 5.74) is 2.65. The van der Waals surface area contributed by atoms with Crippen LogP contribution in [0, 0.1) is 0 Å². The molecule has 2 aromatic rings. The van der Waals surface area contributed by atoms with E-state index in [-0.39, 0.29) is 11.8 Å². The number of nitrogens with one attached hydrogen (secondary N) is 2. The fraction of sp³-hybridized carbons (Fsp3) is 0.318. The Morgan fingerprint density at radius 2 is 1.61 bits per heavy atom. The van der Waals surface area contributed by atoms with Crippen LogP contribution in [-0.4, -0.2) is 23.9 Å². The van der Waals surface area contributed by atoms with E-state index in [1.54, 1.807) is 12.1 Å². The smallest absolute Gasteiger partial charge is 0.338 e. The molecule has 2 atom stereocenters. The fourth-order valence-electron chi connectivity index (χ4n) is 2.67. The monoisotopic (exact) mass is 382 g/mol. The minimum atomic E-state index is -0.951. The molecule has 0 bridgehead atoms. The van der Waals surface area contributed by atoms with Crippen molar-refractivity contribution in [2.75, 3.05) is 10.6 Å². The van der Waals surface area contributed by atoms with Crippen LogP contribution in [0.1, 0.15) is 56.0 Å². The summed E-state index contributed by atoms with van der Waals surface area (Å²) in [6.07, 6.45) is -0.00108. The van der Waals surface area contributed by atoms with Gasteiger partial charge in [-0.1, -0.05) is 32.0 Å². The van der Waals surface area contributed by atoms with Crippen LogP contribution in [-0.2, 0) is 14.3 Å². The standard InChI is InChI=1S/C22H26N2O4/c1-5-14(2)19-8-6-7-9-20(19)24-21(26)15(3)28-22(27)17-10-12-18(13-11-17)23-16(4)25/h6-15H,5H2,1-4H3,(H,23,25)(H,24,26)/t14-,15-/m1/s1. The van der Waals surface area contributed by atoms with E-state index in [4.69, 9.17) is 4.74 Å².